The first-order valence-corrected chi connectivity index (χ1v) is 13.6. The molecule has 1 atom stereocenters. The van der Waals surface area contributed by atoms with Crippen molar-refractivity contribution in [3.63, 3.8) is 0 Å². The Hall–Kier alpha value is -3.85. The number of ether oxygens (including phenoxy) is 4. The van der Waals surface area contributed by atoms with E-state index in [1.807, 2.05) is 19.1 Å². The number of esters is 1. The summed E-state index contributed by atoms with van der Waals surface area (Å²) in [5.41, 5.74) is 4.13. The number of aromatic nitrogens is 1. The number of hydrogen-bond acceptors (Lipinski definition) is 8. The third-order valence-electron chi connectivity index (χ3n) is 6.78. The Morgan fingerprint density at radius 3 is 2.41 bits per heavy atom. The van der Waals surface area contributed by atoms with Gasteiger partial charge in [-0.25, -0.2) is 9.79 Å². The molecule has 9 heteroatoms. The van der Waals surface area contributed by atoms with Gasteiger partial charge in [-0.3, -0.25) is 9.36 Å². The van der Waals surface area contributed by atoms with Crippen molar-refractivity contribution in [3.8, 4) is 17.2 Å². The van der Waals surface area contributed by atoms with E-state index in [1.165, 1.54) is 11.3 Å². The van der Waals surface area contributed by atoms with Gasteiger partial charge >= 0.3 is 5.97 Å². The minimum absolute atomic E-state index is 0.196. The van der Waals surface area contributed by atoms with Gasteiger partial charge in [0.2, 0.25) is 0 Å². The average molecular weight is 551 g/mol. The van der Waals surface area contributed by atoms with Crippen molar-refractivity contribution in [2.75, 3.05) is 27.9 Å². The summed E-state index contributed by atoms with van der Waals surface area (Å²) < 4.78 is 24.1. The molecule has 0 saturated carbocycles. The van der Waals surface area contributed by atoms with Crippen LogP contribution in [0.15, 0.2) is 51.4 Å². The molecule has 39 heavy (non-hydrogen) atoms. The largest absolute Gasteiger partial charge is 0.497 e. The van der Waals surface area contributed by atoms with E-state index in [9.17, 15) is 9.59 Å². The number of carbonyl (C=O) groups is 1. The summed E-state index contributed by atoms with van der Waals surface area (Å²) in [4.78, 5) is 32.4. The summed E-state index contributed by atoms with van der Waals surface area (Å²) in [5, 5.41) is 0. The first-order valence-electron chi connectivity index (χ1n) is 12.7. The van der Waals surface area contributed by atoms with Crippen LogP contribution >= 0.6 is 11.3 Å². The highest BCUT2D eigenvalue weighted by Gasteiger charge is 2.35. The van der Waals surface area contributed by atoms with Crippen molar-refractivity contribution in [1.29, 1.82) is 0 Å². The van der Waals surface area contributed by atoms with E-state index in [0.717, 1.165) is 22.4 Å². The van der Waals surface area contributed by atoms with Gasteiger partial charge in [0.1, 0.15) is 23.3 Å². The van der Waals surface area contributed by atoms with Gasteiger partial charge in [0.25, 0.3) is 5.56 Å². The molecule has 8 nitrogen and oxygen atoms in total. The number of aryl methyl sites for hydroxylation is 1. The standard InChI is InChI=1S/C30H34N2O6S/c1-9-38-29(34)26-18(5)31-30-32(27(26)21-11-10-20(35-6)15-24(21)37-8)28(33)25(39-30)14-19-13-22(16(2)3)23(36-7)12-17(19)4/h10-16,27H,9H2,1-8H3/b25-14-/t27-/m1/s1. The van der Waals surface area contributed by atoms with Crippen molar-refractivity contribution in [2.24, 2.45) is 4.99 Å². The molecule has 1 aromatic heterocycles. The third kappa shape index (κ3) is 5.23. The molecule has 3 aromatic rings. The van der Waals surface area contributed by atoms with Crippen molar-refractivity contribution in [2.45, 2.75) is 46.6 Å². The molecule has 0 aliphatic carbocycles. The summed E-state index contributed by atoms with van der Waals surface area (Å²) in [6.45, 7) is 9.90. The minimum Gasteiger partial charge on any atom is -0.497 e. The zero-order valence-electron chi connectivity index (χ0n) is 23.6. The maximum atomic E-state index is 14.0. The summed E-state index contributed by atoms with van der Waals surface area (Å²) in [6, 6.07) is 8.59. The Labute approximate surface area is 231 Å². The zero-order chi connectivity index (χ0) is 28.4. The molecule has 2 aromatic carbocycles. The summed E-state index contributed by atoms with van der Waals surface area (Å²) in [6.07, 6.45) is 1.89. The van der Waals surface area contributed by atoms with Crippen LogP contribution in [-0.2, 0) is 9.53 Å². The molecular formula is C30H34N2O6S. The van der Waals surface area contributed by atoms with Gasteiger partial charge in [-0.2, -0.15) is 0 Å². The number of rotatable bonds is 8. The normalized spacial score (nSPS) is 15.2. The number of carbonyl (C=O) groups excluding carboxylic acids is 1. The highest BCUT2D eigenvalue weighted by Crippen LogP contribution is 2.37. The summed E-state index contributed by atoms with van der Waals surface area (Å²) in [5.74, 6) is 1.62. The molecule has 0 saturated heterocycles. The quantitative estimate of drug-likeness (QED) is 0.390. The van der Waals surface area contributed by atoms with E-state index in [0.29, 0.717) is 37.7 Å². The van der Waals surface area contributed by atoms with Crippen molar-refractivity contribution in [3.05, 3.63) is 83.5 Å². The Morgan fingerprint density at radius 1 is 1.08 bits per heavy atom. The third-order valence-corrected chi connectivity index (χ3v) is 7.76. The van der Waals surface area contributed by atoms with Crippen molar-refractivity contribution in [1.82, 2.24) is 4.57 Å². The number of nitrogens with zero attached hydrogens (tertiary/aromatic N) is 2. The highest BCUT2D eigenvalue weighted by atomic mass is 32.1. The topological polar surface area (TPSA) is 88.4 Å². The molecule has 1 aliphatic rings. The number of hydrogen-bond donors (Lipinski definition) is 0. The number of thiazole rings is 1. The lowest BCUT2D eigenvalue weighted by molar-refractivity contribution is -0.139. The molecule has 4 rings (SSSR count). The lowest BCUT2D eigenvalue weighted by atomic mass is 9.95. The van der Waals surface area contributed by atoms with Crippen LogP contribution in [0.5, 0.6) is 17.2 Å². The second kappa shape index (κ2) is 11.5. The molecular weight excluding hydrogens is 516 g/mol. The van der Waals surface area contributed by atoms with E-state index in [2.05, 4.69) is 24.9 Å². The Bertz CT molecular complexity index is 1630. The van der Waals surface area contributed by atoms with Crippen LogP contribution in [0.2, 0.25) is 0 Å². The van der Waals surface area contributed by atoms with Crippen LogP contribution in [0, 0.1) is 6.92 Å². The van der Waals surface area contributed by atoms with Gasteiger partial charge in [-0.05, 0) is 73.7 Å². The van der Waals surface area contributed by atoms with Gasteiger partial charge < -0.3 is 18.9 Å². The molecule has 0 bridgehead atoms. The Morgan fingerprint density at radius 2 is 1.79 bits per heavy atom. The monoisotopic (exact) mass is 550 g/mol. The molecule has 0 radical (unpaired) electrons. The second-order valence-corrected chi connectivity index (χ2v) is 10.5. The van der Waals surface area contributed by atoms with Crippen molar-refractivity contribution < 1.29 is 23.7 Å². The van der Waals surface area contributed by atoms with Gasteiger partial charge in [-0.1, -0.05) is 25.2 Å². The lowest BCUT2D eigenvalue weighted by Gasteiger charge is -2.26. The van der Waals surface area contributed by atoms with Gasteiger partial charge in [0, 0.05) is 11.6 Å². The molecule has 2 heterocycles. The van der Waals surface area contributed by atoms with Crippen LogP contribution in [0.25, 0.3) is 6.08 Å². The number of benzene rings is 2. The highest BCUT2D eigenvalue weighted by molar-refractivity contribution is 7.07. The summed E-state index contributed by atoms with van der Waals surface area (Å²) in [7, 11) is 4.77. The maximum absolute atomic E-state index is 14.0. The predicted octanol–water partition coefficient (Wildman–Crippen LogP) is 4.26. The van der Waals surface area contributed by atoms with Crippen LogP contribution in [-0.4, -0.2) is 38.5 Å². The van der Waals surface area contributed by atoms with E-state index in [4.69, 9.17) is 18.9 Å². The fourth-order valence-electron chi connectivity index (χ4n) is 4.77. The SMILES string of the molecule is CCOC(=O)C1=C(C)N=c2s/c(=C\c3cc(C(C)C)c(OC)cc3C)c(=O)n2[C@@H]1c1ccc(OC)cc1OC. The second-order valence-electron chi connectivity index (χ2n) is 9.52. The van der Waals surface area contributed by atoms with E-state index < -0.39 is 12.0 Å². The Kier molecular flexibility index (Phi) is 8.30. The first-order chi connectivity index (χ1) is 18.6. The fourth-order valence-corrected chi connectivity index (χ4v) is 5.81. The first kappa shape index (κ1) is 28.2. The van der Waals surface area contributed by atoms with Gasteiger partial charge in [-0.15, -0.1) is 0 Å². The fraction of sp³-hybridized carbons (Fsp3) is 0.367. The van der Waals surface area contributed by atoms with Crippen LogP contribution in [0.4, 0.5) is 0 Å². The van der Waals surface area contributed by atoms with Crippen molar-refractivity contribution >= 4 is 23.4 Å². The van der Waals surface area contributed by atoms with E-state index >= 15 is 0 Å². The van der Waals surface area contributed by atoms with Crippen LogP contribution in [0.3, 0.4) is 0 Å². The number of allylic oxidation sites excluding steroid dienone is 1. The van der Waals surface area contributed by atoms with Crippen LogP contribution in [0.1, 0.15) is 61.9 Å². The molecule has 0 N–H and O–H groups in total. The maximum Gasteiger partial charge on any atom is 0.338 e. The molecule has 0 fully saturated rings. The lowest BCUT2D eigenvalue weighted by Crippen LogP contribution is -2.40. The van der Waals surface area contributed by atoms with Crippen LogP contribution < -0.4 is 29.1 Å². The van der Waals surface area contributed by atoms with Gasteiger partial charge in [0.05, 0.1) is 43.7 Å². The molecule has 0 spiro atoms. The minimum atomic E-state index is -0.786. The molecule has 206 valence electrons. The summed E-state index contributed by atoms with van der Waals surface area (Å²) >= 11 is 1.29. The molecule has 0 unspecified atom stereocenters. The predicted molar refractivity (Wildman–Crippen MR) is 152 cm³/mol. The molecule has 1 aliphatic heterocycles. The molecule has 0 amide bonds. The number of methoxy groups -OCH3 is 3. The van der Waals surface area contributed by atoms with E-state index in [1.54, 1.807) is 57.9 Å². The average Bonchev–Trinajstić information content (AvgIpc) is 3.22. The Balaban J connectivity index is 2.00. The van der Waals surface area contributed by atoms with E-state index in [-0.39, 0.29) is 18.1 Å². The number of fused-ring (bicyclic) bond motifs is 1. The smallest absolute Gasteiger partial charge is 0.338 e. The van der Waals surface area contributed by atoms with Gasteiger partial charge in [0.15, 0.2) is 4.80 Å². The zero-order valence-corrected chi connectivity index (χ0v) is 24.4.